The van der Waals surface area contributed by atoms with Crippen LogP contribution in [0.5, 0.6) is 0 Å². The standard InChI is InChI=1S/C14H15N5O2S/c15-5-12-18-10(7-22-12)14(21)17-9-3-4-11(16-6-9)19-13(20)8-1-2-8/h3-4,6-8H,1-2,5,15H2,(H,17,21)(H,16,19,20). The predicted molar refractivity (Wildman–Crippen MR) is 83.5 cm³/mol. The summed E-state index contributed by atoms with van der Waals surface area (Å²) in [5.74, 6) is 0.296. The number of aromatic nitrogens is 2. The molecule has 2 amide bonds. The fourth-order valence-electron chi connectivity index (χ4n) is 1.82. The monoisotopic (exact) mass is 317 g/mol. The summed E-state index contributed by atoms with van der Waals surface area (Å²) in [6.07, 6.45) is 3.38. The molecule has 0 bridgehead atoms. The van der Waals surface area contributed by atoms with Gasteiger partial charge < -0.3 is 16.4 Å². The van der Waals surface area contributed by atoms with E-state index in [2.05, 4.69) is 20.6 Å². The van der Waals surface area contributed by atoms with Gasteiger partial charge in [-0.25, -0.2) is 9.97 Å². The number of thiazole rings is 1. The van der Waals surface area contributed by atoms with E-state index in [9.17, 15) is 9.59 Å². The summed E-state index contributed by atoms with van der Waals surface area (Å²) in [7, 11) is 0. The number of nitrogens with zero attached hydrogens (tertiary/aromatic N) is 2. The van der Waals surface area contributed by atoms with E-state index in [1.165, 1.54) is 17.5 Å². The van der Waals surface area contributed by atoms with E-state index in [-0.39, 0.29) is 17.7 Å². The van der Waals surface area contributed by atoms with Crippen molar-refractivity contribution in [2.24, 2.45) is 11.7 Å². The molecule has 114 valence electrons. The largest absolute Gasteiger partial charge is 0.325 e. The number of nitrogens with two attached hydrogens (primary N) is 1. The molecule has 22 heavy (non-hydrogen) atoms. The molecule has 4 N–H and O–H groups in total. The third-order valence-electron chi connectivity index (χ3n) is 3.18. The quantitative estimate of drug-likeness (QED) is 0.776. The van der Waals surface area contributed by atoms with Gasteiger partial charge in [0.2, 0.25) is 5.91 Å². The van der Waals surface area contributed by atoms with E-state index in [0.717, 1.165) is 12.8 Å². The molecule has 0 aliphatic heterocycles. The Bertz CT molecular complexity index is 694. The average Bonchev–Trinajstić information content (AvgIpc) is 3.26. The average molecular weight is 317 g/mol. The maximum Gasteiger partial charge on any atom is 0.275 e. The fraction of sp³-hybridized carbons (Fsp3) is 0.286. The van der Waals surface area contributed by atoms with Crippen molar-refractivity contribution < 1.29 is 9.59 Å². The lowest BCUT2D eigenvalue weighted by atomic mass is 10.3. The molecule has 1 aliphatic carbocycles. The van der Waals surface area contributed by atoms with Crippen LogP contribution >= 0.6 is 11.3 Å². The van der Waals surface area contributed by atoms with Crippen LogP contribution in [0, 0.1) is 5.92 Å². The molecule has 0 atom stereocenters. The lowest BCUT2D eigenvalue weighted by Crippen LogP contribution is -2.15. The minimum atomic E-state index is -0.312. The summed E-state index contributed by atoms with van der Waals surface area (Å²) in [6.45, 7) is 0.314. The highest BCUT2D eigenvalue weighted by molar-refractivity contribution is 7.09. The van der Waals surface area contributed by atoms with Crippen LogP contribution in [0.2, 0.25) is 0 Å². The Morgan fingerprint density at radius 2 is 2.14 bits per heavy atom. The molecule has 8 heteroatoms. The zero-order valence-electron chi connectivity index (χ0n) is 11.7. The minimum Gasteiger partial charge on any atom is -0.325 e. The maximum atomic E-state index is 12.0. The second kappa shape index (κ2) is 6.20. The van der Waals surface area contributed by atoms with E-state index in [1.807, 2.05) is 0 Å². The molecule has 3 rings (SSSR count). The van der Waals surface area contributed by atoms with E-state index >= 15 is 0 Å². The molecule has 7 nitrogen and oxygen atoms in total. The van der Waals surface area contributed by atoms with E-state index < -0.39 is 0 Å². The molecule has 0 aromatic carbocycles. The van der Waals surface area contributed by atoms with E-state index in [0.29, 0.717) is 28.8 Å². The third kappa shape index (κ3) is 3.46. The molecule has 1 aliphatic rings. The minimum absolute atomic E-state index is 0.000993. The number of rotatable bonds is 5. The second-order valence-electron chi connectivity index (χ2n) is 4.98. The molecule has 1 saturated carbocycles. The highest BCUT2D eigenvalue weighted by atomic mass is 32.1. The van der Waals surface area contributed by atoms with Crippen molar-refractivity contribution >= 4 is 34.7 Å². The summed E-state index contributed by atoms with van der Waals surface area (Å²) >= 11 is 1.35. The van der Waals surface area contributed by atoms with E-state index in [4.69, 9.17) is 5.73 Å². The van der Waals surface area contributed by atoms with Crippen LogP contribution in [0.4, 0.5) is 11.5 Å². The van der Waals surface area contributed by atoms with Crippen LogP contribution in [0.25, 0.3) is 0 Å². The first kappa shape index (κ1) is 14.6. The Morgan fingerprint density at radius 3 is 2.73 bits per heavy atom. The molecular formula is C14H15N5O2S. The predicted octanol–water partition coefficient (Wildman–Crippen LogP) is 1.60. The van der Waals surface area contributed by atoms with Crippen LogP contribution in [-0.4, -0.2) is 21.8 Å². The Morgan fingerprint density at radius 1 is 1.32 bits per heavy atom. The van der Waals surface area contributed by atoms with Crippen molar-refractivity contribution in [2.75, 3.05) is 10.6 Å². The second-order valence-corrected chi connectivity index (χ2v) is 5.92. The van der Waals surface area contributed by atoms with Crippen molar-refractivity contribution in [2.45, 2.75) is 19.4 Å². The molecule has 0 saturated heterocycles. The van der Waals surface area contributed by atoms with Crippen LogP contribution in [0.15, 0.2) is 23.7 Å². The lowest BCUT2D eigenvalue weighted by Gasteiger charge is -2.05. The SMILES string of the molecule is NCc1nc(C(=O)Nc2ccc(NC(=O)C3CC3)nc2)cs1. The molecule has 2 aromatic heterocycles. The Kier molecular flexibility index (Phi) is 4.12. The summed E-state index contributed by atoms with van der Waals surface area (Å²) in [5.41, 5.74) is 6.34. The van der Waals surface area contributed by atoms with Gasteiger partial charge in [0.15, 0.2) is 0 Å². The van der Waals surface area contributed by atoms with Gasteiger partial charge >= 0.3 is 0 Å². The van der Waals surface area contributed by atoms with Gasteiger partial charge in [0.1, 0.15) is 16.5 Å². The number of hydrogen-bond acceptors (Lipinski definition) is 6. The molecule has 1 fully saturated rings. The summed E-state index contributed by atoms with van der Waals surface area (Å²) in [4.78, 5) is 31.8. The molecule has 2 heterocycles. The number of hydrogen-bond donors (Lipinski definition) is 3. The van der Waals surface area contributed by atoms with Gasteiger partial charge in [-0.3, -0.25) is 9.59 Å². The summed E-state index contributed by atoms with van der Waals surface area (Å²) in [6, 6.07) is 3.34. The summed E-state index contributed by atoms with van der Waals surface area (Å²) in [5, 5.41) is 7.81. The van der Waals surface area contributed by atoms with Crippen LogP contribution in [0.1, 0.15) is 28.3 Å². The smallest absolute Gasteiger partial charge is 0.275 e. The lowest BCUT2D eigenvalue weighted by molar-refractivity contribution is -0.117. The third-order valence-corrected chi connectivity index (χ3v) is 4.05. The Labute approximate surface area is 131 Å². The number of pyridine rings is 1. The molecule has 2 aromatic rings. The van der Waals surface area contributed by atoms with Gasteiger partial charge in [-0.15, -0.1) is 11.3 Å². The Hall–Kier alpha value is -2.32. The van der Waals surface area contributed by atoms with Gasteiger partial charge in [0.25, 0.3) is 5.91 Å². The maximum absolute atomic E-state index is 12.0. The topological polar surface area (TPSA) is 110 Å². The van der Waals surface area contributed by atoms with Crippen molar-refractivity contribution in [3.05, 3.63) is 34.4 Å². The zero-order valence-corrected chi connectivity index (χ0v) is 12.5. The van der Waals surface area contributed by atoms with Crippen LogP contribution in [-0.2, 0) is 11.3 Å². The first-order valence-corrected chi connectivity index (χ1v) is 7.76. The summed E-state index contributed by atoms with van der Waals surface area (Å²) < 4.78 is 0. The highest BCUT2D eigenvalue weighted by Gasteiger charge is 2.29. The van der Waals surface area contributed by atoms with Crippen LogP contribution < -0.4 is 16.4 Å². The van der Waals surface area contributed by atoms with Gasteiger partial charge in [-0.1, -0.05) is 0 Å². The van der Waals surface area contributed by atoms with E-state index in [1.54, 1.807) is 17.5 Å². The highest BCUT2D eigenvalue weighted by Crippen LogP contribution is 2.29. The molecule has 0 unspecified atom stereocenters. The first-order valence-electron chi connectivity index (χ1n) is 6.88. The van der Waals surface area contributed by atoms with Crippen molar-refractivity contribution in [3.63, 3.8) is 0 Å². The number of carbonyl (C=O) groups excluding carboxylic acids is 2. The number of amides is 2. The number of anilines is 2. The fourth-order valence-corrected chi connectivity index (χ4v) is 2.47. The molecule has 0 radical (unpaired) electrons. The molecular weight excluding hydrogens is 302 g/mol. The van der Waals surface area contributed by atoms with Crippen LogP contribution in [0.3, 0.4) is 0 Å². The van der Waals surface area contributed by atoms with Gasteiger partial charge in [0, 0.05) is 17.8 Å². The van der Waals surface area contributed by atoms with Crippen molar-refractivity contribution in [1.82, 2.24) is 9.97 Å². The normalized spacial score (nSPS) is 13.7. The number of nitrogens with one attached hydrogen (secondary N) is 2. The first-order chi connectivity index (χ1) is 10.7. The van der Waals surface area contributed by atoms with Gasteiger partial charge in [-0.05, 0) is 25.0 Å². The number of carbonyl (C=O) groups is 2. The Balaban J connectivity index is 1.60. The van der Waals surface area contributed by atoms with Crippen molar-refractivity contribution in [1.29, 1.82) is 0 Å². The van der Waals surface area contributed by atoms with Crippen molar-refractivity contribution in [3.8, 4) is 0 Å². The van der Waals surface area contributed by atoms with Gasteiger partial charge in [-0.2, -0.15) is 0 Å². The molecule has 0 spiro atoms. The zero-order chi connectivity index (χ0) is 15.5. The van der Waals surface area contributed by atoms with Gasteiger partial charge in [0.05, 0.1) is 11.9 Å².